The predicted molar refractivity (Wildman–Crippen MR) is 90.1 cm³/mol. The molecule has 0 bridgehead atoms. The fourth-order valence-electron chi connectivity index (χ4n) is 3.52. The van der Waals surface area contributed by atoms with Gasteiger partial charge in [0.2, 0.25) is 0 Å². The van der Waals surface area contributed by atoms with E-state index in [1.807, 2.05) is 12.1 Å². The first kappa shape index (κ1) is 15.3. The van der Waals surface area contributed by atoms with Gasteiger partial charge in [0.05, 0.1) is 0 Å². The number of hydrogen-bond acceptors (Lipinski definition) is 2. The Morgan fingerprint density at radius 1 is 1.19 bits per heavy atom. The van der Waals surface area contributed by atoms with Crippen LogP contribution in [0.15, 0.2) is 24.3 Å². The van der Waals surface area contributed by atoms with Crippen molar-refractivity contribution >= 4 is 11.6 Å². The number of nitrogens with one attached hydrogen (secondary N) is 1. The highest BCUT2D eigenvalue weighted by atomic mass is 35.5. The molecule has 1 heterocycles. The van der Waals surface area contributed by atoms with Gasteiger partial charge in [-0.3, -0.25) is 0 Å². The van der Waals surface area contributed by atoms with E-state index in [9.17, 15) is 0 Å². The zero-order valence-corrected chi connectivity index (χ0v) is 14.0. The molecule has 0 unspecified atom stereocenters. The average molecular weight is 307 g/mol. The topological polar surface area (TPSA) is 15.3 Å². The Morgan fingerprint density at radius 2 is 1.81 bits per heavy atom. The van der Waals surface area contributed by atoms with E-state index < -0.39 is 0 Å². The molecule has 0 radical (unpaired) electrons. The third kappa shape index (κ3) is 3.80. The van der Waals surface area contributed by atoms with Crippen LogP contribution in [0.2, 0.25) is 5.02 Å². The molecule has 1 aliphatic heterocycles. The number of hydrogen-bond donors (Lipinski definition) is 1. The van der Waals surface area contributed by atoms with Crippen LogP contribution in [-0.2, 0) is 0 Å². The molecule has 1 saturated heterocycles. The lowest BCUT2D eigenvalue weighted by Gasteiger charge is -2.42. The molecule has 0 aromatic heterocycles. The van der Waals surface area contributed by atoms with Crippen molar-refractivity contribution in [1.82, 2.24) is 10.2 Å². The molecule has 2 fully saturated rings. The molecule has 3 heteroatoms. The number of piperidine rings is 1. The van der Waals surface area contributed by atoms with Crippen molar-refractivity contribution < 1.29 is 0 Å². The zero-order chi connectivity index (χ0) is 14.9. The van der Waals surface area contributed by atoms with Crippen LogP contribution in [0.4, 0.5) is 0 Å². The second kappa shape index (κ2) is 6.28. The number of halogens is 1. The molecule has 1 aromatic carbocycles. The van der Waals surface area contributed by atoms with Crippen LogP contribution in [0.3, 0.4) is 0 Å². The Hall–Kier alpha value is -0.570. The van der Waals surface area contributed by atoms with Crippen LogP contribution in [-0.4, -0.2) is 37.6 Å². The van der Waals surface area contributed by atoms with E-state index in [2.05, 4.69) is 36.3 Å². The van der Waals surface area contributed by atoms with Crippen molar-refractivity contribution in [2.45, 2.75) is 44.6 Å². The minimum absolute atomic E-state index is 0.498. The average Bonchev–Trinajstić information content (AvgIpc) is 2.43. The molecule has 2 aliphatic rings. The summed E-state index contributed by atoms with van der Waals surface area (Å²) < 4.78 is 0. The van der Waals surface area contributed by atoms with E-state index in [4.69, 9.17) is 11.6 Å². The van der Waals surface area contributed by atoms with Crippen LogP contribution < -0.4 is 5.32 Å². The number of benzene rings is 1. The molecule has 1 N–H and O–H groups in total. The summed E-state index contributed by atoms with van der Waals surface area (Å²) in [6.45, 7) is 6.12. The lowest BCUT2D eigenvalue weighted by atomic mass is 9.74. The van der Waals surface area contributed by atoms with Crippen LogP contribution in [0, 0.1) is 5.41 Å². The first-order chi connectivity index (χ1) is 10.0. The SMILES string of the molecule is CN1CCC(C)(CNC2CC(c3ccc(Cl)cc3)C2)CC1. The van der Waals surface area contributed by atoms with Crippen LogP contribution in [0.1, 0.15) is 44.1 Å². The molecular weight excluding hydrogens is 280 g/mol. The van der Waals surface area contributed by atoms with Gasteiger partial charge in [0.1, 0.15) is 0 Å². The van der Waals surface area contributed by atoms with Gasteiger partial charge in [-0.1, -0.05) is 30.7 Å². The van der Waals surface area contributed by atoms with Gasteiger partial charge in [-0.05, 0) is 74.8 Å². The van der Waals surface area contributed by atoms with Gasteiger partial charge in [-0.15, -0.1) is 0 Å². The molecular formula is C18H27ClN2. The zero-order valence-electron chi connectivity index (χ0n) is 13.2. The molecule has 1 aliphatic carbocycles. The summed E-state index contributed by atoms with van der Waals surface area (Å²) in [5, 5.41) is 4.65. The van der Waals surface area contributed by atoms with Crippen LogP contribution >= 0.6 is 11.6 Å². The molecule has 1 aromatic rings. The Kier molecular flexibility index (Phi) is 4.58. The lowest BCUT2D eigenvalue weighted by Crippen LogP contribution is -2.47. The fraction of sp³-hybridized carbons (Fsp3) is 0.667. The van der Waals surface area contributed by atoms with E-state index in [1.54, 1.807) is 0 Å². The highest BCUT2D eigenvalue weighted by Gasteiger charge is 2.33. The van der Waals surface area contributed by atoms with Crippen molar-refractivity contribution in [2.75, 3.05) is 26.7 Å². The molecule has 0 spiro atoms. The van der Waals surface area contributed by atoms with E-state index in [1.165, 1.54) is 50.9 Å². The Balaban J connectivity index is 1.42. The molecule has 0 atom stereocenters. The Bertz CT molecular complexity index is 457. The van der Waals surface area contributed by atoms with Crippen LogP contribution in [0.5, 0.6) is 0 Å². The van der Waals surface area contributed by atoms with Gasteiger partial charge in [0.15, 0.2) is 0 Å². The second-order valence-electron chi connectivity index (χ2n) is 7.41. The standard InChI is InChI=1S/C18H27ClN2/c1-18(7-9-21(2)10-8-18)13-20-17-11-15(12-17)14-3-5-16(19)6-4-14/h3-6,15,17,20H,7-13H2,1-2H3. The summed E-state index contributed by atoms with van der Waals surface area (Å²) in [5.41, 5.74) is 1.95. The maximum absolute atomic E-state index is 5.95. The molecule has 21 heavy (non-hydrogen) atoms. The predicted octanol–water partition coefficient (Wildman–Crippen LogP) is 3.91. The summed E-state index contributed by atoms with van der Waals surface area (Å²) in [6.07, 6.45) is 5.20. The highest BCUT2D eigenvalue weighted by Crippen LogP contribution is 2.38. The van der Waals surface area contributed by atoms with Crippen molar-refractivity contribution in [3.8, 4) is 0 Å². The largest absolute Gasteiger partial charge is 0.313 e. The lowest BCUT2D eigenvalue weighted by molar-refractivity contribution is 0.125. The smallest absolute Gasteiger partial charge is 0.0406 e. The summed E-state index contributed by atoms with van der Waals surface area (Å²) in [4.78, 5) is 2.45. The summed E-state index contributed by atoms with van der Waals surface area (Å²) in [7, 11) is 2.23. The van der Waals surface area contributed by atoms with Gasteiger partial charge < -0.3 is 10.2 Å². The van der Waals surface area contributed by atoms with Crippen molar-refractivity contribution in [1.29, 1.82) is 0 Å². The van der Waals surface area contributed by atoms with E-state index >= 15 is 0 Å². The maximum atomic E-state index is 5.95. The molecule has 3 rings (SSSR count). The molecule has 0 amide bonds. The van der Waals surface area contributed by atoms with Gasteiger partial charge in [-0.25, -0.2) is 0 Å². The van der Waals surface area contributed by atoms with Crippen molar-refractivity contribution in [3.05, 3.63) is 34.9 Å². The molecule has 2 nitrogen and oxygen atoms in total. The van der Waals surface area contributed by atoms with E-state index in [0.29, 0.717) is 11.5 Å². The monoisotopic (exact) mass is 306 g/mol. The fourth-order valence-corrected chi connectivity index (χ4v) is 3.64. The number of rotatable bonds is 4. The maximum Gasteiger partial charge on any atom is 0.0406 e. The number of nitrogens with zero attached hydrogens (tertiary/aromatic N) is 1. The Labute approximate surface area is 133 Å². The van der Waals surface area contributed by atoms with Gasteiger partial charge in [0, 0.05) is 17.6 Å². The van der Waals surface area contributed by atoms with E-state index in [-0.39, 0.29) is 0 Å². The second-order valence-corrected chi connectivity index (χ2v) is 7.85. The Morgan fingerprint density at radius 3 is 2.43 bits per heavy atom. The summed E-state index contributed by atoms with van der Waals surface area (Å²) in [6, 6.07) is 9.10. The van der Waals surface area contributed by atoms with Gasteiger partial charge in [0.25, 0.3) is 0 Å². The minimum atomic E-state index is 0.498. The van der Waals surface area contributed by atoms with E-state index in [0.717, 1.165) is 10.9 Å². The third-order valence-electron chi connectivity index (χ3n) is 5.49. The van der Waals surface area contributed by atoms with Crippen molar-refractivity contribution in [3.63, 3.8) is 0 Å². The summed E-state index contributed by atoms with van der Waals surface area (Å²) in [5.74, 6) is 0.727. The van der Waals surface area contributed by atoms with Crippen LogP contribution in [0.25, 0.3) is 0 Å². The third-order valence-corrected chi connectivity index (χ3v) is 5.74. The van der Waals surface area contributed by atoms with Gasteiger partial charge >= 0.3 is 0 Å². The molecule has 116 valence electrons. The normalized spacial score (nSPS) is 29.1. The minimum Gasteiger partial charge on any atom is -0.313 e. The van der Waals surface area contributed by atoms with Gasteiger partial charge in [-0.2, -0.15) is 0 Å². The quantitative estimate of drug-likeness (QED) is 0.907. The molecule has 1 saturated carbocycles. The number of likely N-dealkylation sites (tertiary alicyclic amines) is 1. The first-order valence-electron chi connectivity index (χ1n) is 8.21. The highest BCUT2D eigenvalue weighted by molar-refractivity contribution is 6.30. The van der Waals surface area contributed by atoms with Crippen molar-refractivity contribution in [2.24, 2.45) is 5.41 Å². The first-order valence-corrected chi connectivity index (χ1v) is 8.59. The summed E-state index contributed by atoms with van der Waals surface area (Å²) >= 11 is 5.95.